The summed E-state index contributed by atoms with van der Waals surface area (Å²) in [6.45, 7) is 4.11. The molecule has 0 atom stereocenters. The van der Waals surface area contributed by atoms with Gasteiger partial charge in [0.25, 0.3) is 5.91 Å². The van der Waals surface area contributed by atoms with Crippen molar-refractivity contribution < 1.29 is 9.18 Å². The number of halogens is 1. The summed E-state index contributed by atoms with van der Waals surface area (Å²) in [4.78, 5) is 11.7. The second kappa shape index (κ2) is 6.26. The Hall–Kier alpha value is -2.56. The number of benzene rings is 2. The molecule has 110 valence electrons. The lowest BCUT2D eigenvalue weighted by atomic mass is 10.1. The van der Waals surface area contributed by atoms with Crippen molar-refractivity contribution >= 4 is 23.0 Å². The number of hydrogen-bond acceptors (Lipinski definition) is 3. The Balaban J connectivity index is 2.21. The zero-order chi connectivity index (χ0) is 15.4. The van der Waals surface area contributed by atoms with Crippen LogP contribution in [0, 0.1) is 12.7 Å². The van der Waals surface area contributed by atoms with Crippen LogP contribution in [0.25, 0.3) is 0 Å². The van der Waals surface area contributed by atoms with E-state index >= 15 is 0 Å². The third-order valence-electron chi connectivity index (χ3n) is 3.09. The number of rotatable bonds is 4. The Labute approximate surface area is 123 Å². The average Bonchev–Trinajstić information content (AvgIpc) is 2.45. The number of hydrogen-bond donors (Lipinski definition) is 3. The van der Waals surface area contributed by atoms with Gasteiger partial charge in [0.1, 0.15) is 5.82 Å². The van der Waals surface area contributed by atoms with Gasteiger partial charge in [-0.1, -0.05) is 0 Å². The van der Waals surface area contributed by atoms with Crippen molar-refractivity contribution in [2.45, 2.75) is 13.8 Å². The molecule has 2 aromatic carbocycles. The first-order valence-corrected chi connectivity index (χ1v) is 6.72. The highest BCUT2D eigenvalue weighted by atomic mass is 19.1. The molecule has 0 aliphatic heterocycles. The first-order valence-electron chi connectivity index (χ1n) is 6.72. The minimum atomic E-state index is -0.250. The molecule has 4 N–H and O–H groups in total. The normalized spacial score (nSPS) is 10.2. The number of amides is 1. The van der Waals surface area contributed by atoms with Gasteiger partial charge in [0.2, 0.25) is 0 Å². The molecule has 0 aromatic heterocycles. The number of carbonyl (C=O) groups excluding carboxylic acids is 1. The molecule has 5 heteroatoms. The highest BCUT2D eigenvalue weighted by Crippen LogP contribution is 2.25. The Kier molecular flexibility index (Phi) is 4.42. The lowest BCUT2D eigenvalue weighted by molar-refractivity contribution is 0.0956. The zero-order valence-corrected chi connectivity index (χ0v) is 12.0. The highest BCUT2D eigenvalue weighted by Gasteiger charge is 2.08. The van der Waals surface area contributed by atoms with Crippen LogP contribution in [0.2, 0.25) is 0 Å². The van der Waals surface area contributed by atoms with Gasteiger partial charge < -0.3 is 16.4 Å². The molecule has 0 aliphatic carbocycles. The predicted octanol–water partition coefficient (Wildman–Crippen LogP) is 3.21. The van der Waals surface area contributed by atoms with Crippen molar-refractivity contribution in [1.82, 2.24) is 5.32 Å². The molecule has 21 heavy (non-hydrogen) atoms. The molecule has 2 rings (SSSR count). The summed E-state index contributed by atoms with van der Waals surface area (Å²) < 4.78 is 13.2. The Morgan fingerprint density at radius 1 is 1.24 bits per heavy atom. The van der Waals surface area contributed by atoms with Crippen LogP contribution in [0.1, 0.15) is 22.8 Å². The predicted molar refractivity (Wildman–Crippen MR) is 83.3 cm³/mol. The molecule has 0 fully saturated rings. The van der Waals surface area contributed by atoms with Crippen LogP contribution in [-0.4, -0.2) is 12.5 Å². The van der Waals surface area contributed by atoms with Gasteiger partial charge in [0.15, 0.2) is 0 Å². The third-order valence-corrected chi connectivity index (χ3v) is 3.09. The van der Waals surface area contributed by atoms with Gasteiger partial charge in [-0.05, 0) is 55.8 Å². The summed E-state index contributed by atoms with van der Waals surface area (Å²) in [5.41, 5.74) is 8.89. The van der Waals surface area contributed by atoms with Gasteiger partial charge in [0, 0.05) is 17.8 Å². The quantitative estimate of drug-likeness (QED) is 0.756. The molecular formula is C16H18FN3O. The topological polar surface area (TPSA) is 67.2 Å². The molecule has 0 heterocycles. The molecule has 0 bridgehead atoms. The van der Waals surface area contributed by atoms with Gasteiger partial charge in [-0.15, -0.1) is 0 Å². The fourth-order valence-corrected chi connectivity index (χ4v) is 1.96. The number of anilines is 3. The fraction of sp³-hybridized carbons (Fsp3) is 0.188. The smallest absolute Gasteiger partial charge is 0.251 e. The lowest BCUT2D eigenvalue weighted by Gasteiger charge is -2.11. The second-order valence-electron chi connectivity index (χ2n) is 4.75. The molecule has 0 radical (unpaired) electrons. The zero-order valence-electron chi connectivity index (χ0n) is 12.0. The highest BCUT2D eigenvalue weighted by molar-refractivity contribution is 5.96. The maximum atomic E-state index is 13.2. The third kappa shape index (κ3) is 3.51. The van der Waals surface area contributed by atoms with Crippen LogP contribution < -0.4 is 16.4 Å². The molecule has 2 aromatic rings. The number of nitrogens with two attached hydrogens (primary N) is 1. The van der Waals surface area contributed by atoms with E-state index in [1.54, 1.807) is 37.3 Å². The standard InChI is InChI=1S/C16H18FN3O/c1-3-19-16(21)11-4-7-15(14(18)9-11)20-12-5-6-13(17)10(2)8-12/h4-9,20H,3,18H2,1-2H3,(H,19,21). The molecule has 0 aliphatic rings. The van der Waals surface area contributed by atoms with Crippen LogP contribution in [0.5, 0.6) is 0 Å². The van der Waals surface area contributed by atoms with Crippen LogP contribution in [0.3, 0.4) is 0 Å². The van der Waals surface area contributed by atoms with Gasteiger partial charge >= 0.3 is 0 Å². The Bertz CT molecular complexity index is 671. The summed E-state index contributed by atoms with van der Waals surface area (Å²) >= 11 is 0. The number of nitrogens with one attached hydrogen (secondary N) is 2. The van der Waals surface area contributed by atoms with Crippen molar-refractivity contribution in [1.29, 1.82) is 0 Å². The van der Waals surface area contributed by atoms with Crippen molar-refractivity contribution in [2.75, 3.05) is 17.6 Å². The lowest BCUT2D eigenvalue weighted by Crippen LogP contribution is -2.22. The molecule has 1 amide bonds. The fourth-order valence-electron chi connectivity index (χ4n) is 1.96. The van der Waals surface area contributed by atoms with Gasteiger partial charge in [-0.2, -0.15) is 0 Å². The Morgan fingerprint density at radius 3 is 2.62 bits per heavy atom. The maximum absolute atomic E-state index is 13.2. The summed E-state index contributed by atoms with van der Waals surface area (Å²) in [6.07, 6.45) is 0. The number of carbonyl (C=O) groups is 1. The van der Waals surface area contributed by atoms with Crippen LogP contribution in [0.15, 0.2) is 36.4 Å². The molecule has 0 spiro atoms. The second-order valence-corrected chi connectivity index (χ2v) is 4.75. The van der Waals surface area contributed by atoms with Crippen molar-refractivity contribution in [3.05, 3.63) is 53.3 Å². The van der Waals surface area contributed by atoms with E-state index in [0.717, 1.165) is 5.69 Å². The molecule has 4 nitrogen and oxygen atoms in total. The van der Waals surface area contributed by atoms with Crippen LogP contribution >= 0.6 is 0 Å². The number of nitrogen functional groups attached to an aromatic ring is 1. The van der Waals surface area contributed by atoms with E-state index in [1.165, 1.54) is 6.07 Å². The summed E-state index contributed by atoms with van der Waals surface area (Å²) in [5, 5.41) is 5.83. The largest absolute Gasteiger partial charge is 0.397 e. The first-order chi connectivity index (χ1) is 10.0. The maximum Gasteiger partial charge on any atom is 0.251 e. The van der Waals surface area contributed by atoms with E-state index < -0.39 is 0 Å². The summed E-state index contributed by atoms with van der Waals surface area (Å²) in [7, 11) is 0. The van der Waals surface area contributed by atoms with Crippen molar-refractivity contribution in [2.24, 2.45) is 0 Å². The SMILES string of the molecule is CCNC(=O)c1ccc(Nc2ccc(F)c(C)c2)c(N)c1. The average molecular weight is 287 g/mol. The Morgan fingerprint density at radius 2 is 2.00 bits per heavy atom. The minimum Gasteiger partial charge on any atom is -0.397 e. The van der Waals surface area contributed by atoms with E-state index in [4.69, 9.17) is 5.73 Å². The van der Waals surface area contributed by atoms with Crippen molar-refractivity contribution in [3.8, 4) is 0 Å². The van der Waals surface area contributed by atoms with E-state index in [9.17, 15) is 9.18 Å². The van der Waals surface area contributed by atoms with Crippen molar-refractivity contribution in [3.63, 3.8) is 0 Å². The van der Waals surface area contributed by atoms with Crippen LogP contribution in [-0.2, 0) is 0 Å². The summed E-state index contributed by atoms with van der Waals surface area (Å²) in [5.74, 6) is -0.409. The van der Waals surface area contributed by atoms with Gasteiger partial charge in [-0.3, -0.25) is 4.79 Å². The minimum absolute atomic E-state index is 0.159. The van der Waals surface area contributed by atoms with E-state index in [2.05, 4.69) is 10.6 Å². The van der Waals surface area contributed by atoms with E-state index in [-0.39, 0.29) is 11.7 Å². The molecule has 0 saturated carbocycles. The monoisotopic (exact) mass is 287 g/mol. The van der Waals surface area contributed by atoms with Gasteiger partial charge in [-0.25, -0.2) is 4.39 Å². The number of aryl methyl sites for hydroxylation is 1. The van der Waals surface area contributed by atoms with E-state index in [0.29, 0.717) is 29.0 Å². The van der Waals surface area contributed by atoms with E-state index in [1.807, 2.05) is 6.92 Å². The molecule has 0 unspecified atom stereocenters. The van der Waals surface area contributed by atoms with Crippen LogP contribution in [0.4, 0.5) is 21.5 Å². The van der Waals surface area contributed by atoms with Gasteiger partial charge in [0.05, 0.1) is 11.4 Å². The summed E-state index contributed by atoms with van der Waals surface area (Å²) in [6, 6.07) is 9.78. The first kappa shape index (κ1) is 14.8. The molecular weight excluding hydrogens is 269 g/mol. The molecule has 0 saturated heterocycles.